The fourth-order valence-electron chi connectivity index (χ4n) is 2.46. The molecular weight excluding hydrogens is 272 g/mol. The van der Waals surface area contributed by atoms with Crippen molar-refractivity contribution in [2.75, 3.05) is 19.0 Å². The van der Waals surface area contributed by atoms with Crippen LogP contribution in [0.2, 0.25) is 0 Å². The van der Waals surface area contributed by atoms with Gasteiger partial charge in [0.2, 0.25) is 0 Å². The quantitative estimate of drug-likeness (QED) is 0.690. The number of nitrogens with one attached hydrogen (secondary N) is 1. The second kappa shape index (κ2) is 5.32. The summed E-state index contributed by atoms with van der Waals surface area (Å²) < 4.78 is 10.6. The van der Waals surface area contributed by atoms with Crippen molar-refractivity contribution in [3.8, 4) is 11.5 Å². The molecule has 1 aliphatic heterocycles. The molecule has 0 radical (unpaired) electrons. The SMILES string of the molecule is COc1cccc(NC2COc3ccccc32)c1[N+](=O)[O-]. The van der Waals surface area contributed by atoms with Crippen molar-refractivity contribution in [2.45, 2.75) is 6.04 Å². The second-order valence-corrected chi connectivity index (χ2v) is 4.66. The van der Waals surface area contributed by atoms with Crippen LogP contribution in [0.1, 0.15) is 11.6 Å². The van der Waals surface area contributed by atoms with E-state index in [2.05, 4.69) is 5.32 Å². The summed E-state index contributed by atoms with van der Waals surface area (Å²) in [6.45, 7) is 0.438. The van der Waals surface area contributed by atoms with E-state index in [-0.39, 0.29) is 17.5 Å². The minimum atomic E-state index is -0.442. The zero-order valence-corrected chi connectivity index (χ0v) is 11.4. The van der Waals surface area contributed by atoms with Gasteiger partial charge in [0.05, 0.1) is 18.1 Å². The number of hydrogen-bond donors (Lipinski definition) is 1. The van der Waals surface area contributed by atoms with E-state index < -0.39 is 4.92 Å². The number of benzene rings is 2. The smallest absolute Gasteiger partial charge is 0.333 e. The average Bonchev–Trinajstić information content (AvgIpc) is 2.90. The first-order valence-electron chi connectivity index (χ1n) is 6.50. The number of nitro benzene ring substituents is 1. The number of hydrogen-bond acceptors (Lipinski definition) is 5. The Kier molecular flexibility index (Phi) is 3.35. The Morgan fingerprint density at radius 1 is 1.29 bits per heavy atom. The van der Waals surface area contributed by atoms with Crippen LogP contribution in [-0.4, -0.2) is 18.6 Å². The Bertz CT molecular complexity index is 687. The monoisotopic (exact) mass is 286 g/mol. The lowest BCUT2D eigenvalue weighted by molar-refractivity contribution is -0.384. The molecule has 0 aromatic heterocycles. The first-order valence-corrected chi connectivity index (χ1v) is 6.50. The molecule has 1 heterocycles. The lowest BCUT2D eigenvalue weighted by Gasteiger charge is -2.14. The molecule has 0 aliphatic carbocycles. The Morgan fingerprint density at radius 3 is 2.86 bits per heavy atom. The maximum absolute atomic E-state index is 11.3. The summed E-state index contributed by atoms with van der Waals surface area (Å²) in [6, 6.07) is 12.5. The van der Waals surface area contributed by atoms with E-state index in [0.717, 1.165) is 11.3 Å². The minimum absolute atomic E-state index is 0.0654. The number of para-hydroxylation sites is 2. The molecule has 3 rings (SSSR count). The number of ether oxygens (including phenoxy) is 2. The van der Waals surface area contributed by atoms with Gasteiger partial charge in [0.15, 0.2) is 5.75 Å². The molecule has 1 aliphatic rings. The number of nitrogens with zero attached hydrogens (tertiary/aromatic N) is 1. The summed E-state index contributed by atoms with van der Waals surface area (Å²) in [5.41, 5.74) is 1.35. The topological polar surface area (TPSA) is 73.6 Å². The molecule has 2 aromatic carbocycles. The fourth-order valence-corrected chi connectivity index (χ4v) is 2.46. The van der Waals surface area contributed by atoms with Crippen molar-refractivity contribution >= 4 is 11.4 Å². The van der Waals surface area contributed by atoms with Gasteiger partial charge in [-0.3, -0.25) is 10.1 Å². The van der Waals surface area contributed by atoms with Crippen molar-refractivity contribution in [1.29, 1.82) is 0 Å². The van der Waals surface area contributed by atoms with Crippen LogP contribution >= 0.6 is 0 Å². The molecule has 108 valence electrons. The highest BCUT2D eigenvalue weighted by Crippen LogP contribution is 2.39. The zero-order chi connectivity index (χ0) is 14.8. The van der Waals surface area contributed by atoms with Gasteiger partial charge in [0, 0.05) is 5.56 Å². The summed E-state index contributed by atoms with van der Waals surface area (Å²) in [5, 5.41) is 14.5. The first kappa shape index (κ1) is 13.2. The fraction of sp³-hybridized carbons (Fsp3) is 0.200. The highest BCUT2D eigenvalue weighted by atomic mass is 16.6. The highest BCUT2D eigenvalue weighted by Gasteiger charge is 2.27. The number of nitro groups is 1. The molecule has 0 saturated heterocycles. The molecule has 6 nitrogen and oxygen atoms in total. The van der Waals surface area contributed by atoms with Crippen LogP contribution in [0.3, 0.4) is 0 Å². The van der Waals surface area contributed by atoms with Gasteiger partial charge >= 0.3 is 5.69 Å². The van der Waals surface area contributed by atoms with Gasteiger partial charge in [0.25, 0.3) is 0 Å². The molecule has 2 aromatic rings. The predicted octanol–water partition coefficient (Wildman–Crippen LogP) is 3.15. The molecule has 1 unspecified atom stereocenters. The van der Waals surface area contributed by atoms with Crippen molar-refractivity contribution in [3.05, 3.63) is 58.1 Å². The van der Waals surface area contributed by atoms with Crippen LogP contribution in [0.5, 0.6) is 11.5 Å². The second-order valence-electron chi connectivity index (χ2n) is 4.66. The van der Waals surface area contributed by atoms with E-state index in [9.17, 15) is 10.1 Å². The van der Waals surface area contributed by atoms with E-state index in [0.29, 0.717) is 12.3 Å². The lowest BCUT2D eigenvalue weighted by Crippen LogP contribution is -2.13. The largest absolute Gasteiger partial charge is 0.491 e. The Labute approximate surface area is 121 Å². The summed E-state index contributed by atoms with van der Waals surface area (Å²) in [6.07, 6.45) is 0. The summed E-state index contributed by atoms with van der Waals surface area (Å²) >= 11 is 0. The molecule has 0 amide bonds. The summed E-state index contributed by atoms with van der Waals surface area (Å²) in [5.74, 6) is 1.04. The minimum Gasteiger partial charge on any atom is -0.491 e. The normalized spacial score (nSPS) is 16.0. The van der Waals surface area contributed by atoms with Gasteiger partial charge in [-0.05, 0) is 18.2 Å². The number of anilines is 1. The molecule has 1 N–H and O–H groups in total. The Balaban J connectivity index is 1.95. The highest BCUT2D eigenvalue weighted by molar-refractivity contribution is 5.69. The van der Waals surface area contributed by atoms with E-state index in [1.54, 1.807) is 18.2 Å². The van der Waals surface area contributed by atoms with Crippen molar-refractivity contribution in [3.63, 3.8) is 0 Å². The van der Waals surface area contributed by atoms with Crippen LogP contribution in [0.4, 0.5) is 11.4 Å². The van der Waals surface area contributed by atoms with Crippen LogP contribution < -0.4 is 14.8 Å². The maximum atomic E-state index is 11.3. The number of fused-ring (bicyclic) bond motifs is 1. The van der Waals surface area contributed by atoms with E-state index >= 15 is 0 Å². The van der Waals surface area contributed by atoms with E-state index in [1.165, 1.54) is 7.11 Å². The summed E-state index contributed by atoms with van der Waals surface area (Å²) in [4.78, 5) is 10.8. The lowest BCUT2D eigenvalue weighted by atomic mass is 10.1. The van der Waals surface area contributed by atoms with Crippen molar-refractivity contribution < 1.29 is 14.4 Å². The van der Waals surface area contributed by atoms with Crippen molar-refractivity contribution in [2.24, 2.45) is 0 Å². The average molecular weight is 286 g/mol. The molecule has 0 bridgehead atoms. The molecule has 0 saturated carbocycles. The van der Waals surface area contributed by atoms with Gasteiger partial charge < -0.3 is 14.8 Å². The molecule has 0 fully saturated rings. The molecule has 6 heteroatoms. The third-order valence-electron chi connectivity index (χ3n) is 3.43. The maximum Gasteiger partial charge on any atom is 0.333 e. The summed E-state index contributed by atoms with van der Waals surface area (Å²) in [7, 11) is 1.42. The van der Waals surface area contributed by atoms with E-state index in [1.807, 2.05) is 24.3 Å². The standard InChI is InChI=1S/C15H14N2O4/c1-20-14-8-4-6-11(15(14)17(18)19)16-12-9-21-13-7-3-2-5-10(12)13/h2-8,12,16H,9H2,1H3. The third-order valence-corrected chi connectivity index (χ3v) is 3.43. The Morgan fingerprint density at radius 2 is 2.10 bits per heavy atom. The Hall–Kier alpha value is -2.76. The predicted molar refractivity (Wildman–Crippen MR) is 77.9 cm³/mol. The van der Waals surface area contributed by atoms with Crippen LogP contribution in [0.25, 0.3) is 0 Å². The number of rotatable bonds is 4. The first-order chi connectivity index (χ1) is 10.2. The van der Waals surface area contributed by atoms with Gasteiger partial charge in [0.1, 0.15) is 18.0 Å². The molecule has 21 heavy (non-hydrogen) atoms. The molecule has 1 atom stereocenters. The van der Waals surface area contributed by atoms with Gasteiger partial charge in [-0.15, -0.1) is 0 Å². The molecular formula is C15H14N2O4. The molecule has 0 spiro atoms. The van der Waals surface area contributed by atoms with E-state index in [4.69, 9.17) is 9.47 Å². The third kappa shape index (κ3) is 2.35. The van der Waals surface area contributed by atoms with Crippen molar-refractivity contribution in [1.82, 2.24) is 0 Å². The van der Waals surface area contributed by atoms with Gasteiger partial charge in [-0.1, -0.05) is 24.3 Å². The van der Waals surface area contributed by atoms with Crippen LogP contribution in [-0.2, 0) is 0 Å². The van der Waals surface area contributed by atoms with Gasteiger partial charge in [-0.2, -0.15) is 0 Å². The van der Waals surface area contributed by atoms with Gasteiger partial charge in [-0.25, -0.2) is 0 Å². The number of methoxy groups -OCH3 is 1. The zero-order valence-electron chi connectivity index (χ0n) is 11.4. The van der Waals surface area contributed by atoms with Crippen LogP contribution in [0.15, 0.2) is 42.5 Å². The van der Waals surface area contributed by atoms with Crippen LogP contribution in [0, 0.1) is 10.1 Å².